The normalized spacial score (nSPS) is 11.7. The van der Waals surface area contributed by atoms with Crippen molar-refractivity contribution in [1.29, 1.82) is 0 Å². The van der Waals surface area contributed by atoms with Crippen molar-refractivity contribution in [3.63, 3.8) is 0 Å². The number of hydrogen-bond donors (Lipinski definition) is 0. The van der Waals surface area contributed by atoms with Gasteiger partial charge in [0.15, 0.2) is 12.1 Å². The van der Waals surface area contributed by atoms with Crippen LogP contribution in [0, 0.1) is 0 Å². The maximum absolute atomic E-state index is 12.1. The van der Waals surface area contributed by atoms with E-state index in [9.17, 15) is 4.79 Å². The molecule has 1 aliphatic heterocycles. The number of fused-ring (bicyclic) bond motifs is 2. The van der Waals surface area contributed by atoms with Crippen LogP contribution in [0.25, 0.3) is 66.9 Å². The number of aldehydes is 1. The zero-order valence-corrected chi connectivity index (χ0v) is 26.5. The summed E-state index contributed by atoms with van der Waals surface area (Å²) < 4.78 is 0. The van der Waals surface area contributed by atoms with Crippen LogP contribution in [0.2, 0.25) is 0 Å². The first kappa shape index (κ1) is 28.6. The van der Waals surface area contributed by atoms with Crippen LogP contribution in [0.3, 0.4) is 0 Å². The molecule has 9 rings (SSSR count). The largest absolute Gasteiger partial charge is 0.309 e. The fourth-order valence-corrected chi connectivity index (χ4v) is 7.06. The second-order valence-corrected chi connectivity index (χ2v) is 12.2. The van der Waals surface area contributed by atoms with Gasteiger partial charge in [-0.15, -0.1) is 0 Å². The van der Waals surface area contributed by atoms with Gasteiger partial charge in [-0.25, -0.2) is 9.97 Å². The number of hydrogen-bond acceptors (Lipinski definition) is 4. The van der Waals surface area contributed by atoms with Crippen molar-refractivity contribution < 1.29 is 4.79 Å². The van der Waals surface area contributed by atoms with E-state index in [2.05, 4.69) is 114 Å². The number of benzene rings is 7. The first-order chi connectivity index (χ1) is 24.3. The zero-order chi connectivity index (χ0) is 32.7. The maximum atomic E-state index is 12.1. The molecule has 0 fully saturated rings. The van der Waals surface area contributed by atoms with E-state index in [0.717, 1.165) is 78.9 Å². The predicted molar refractivity (Wildman–Crippen MR) is 200 cm³/mol. The molecule has 0 unspecified atom stereocenters. The predicted octanol–water partition coefficient (Wildman–Crippen LogP) is 11.6. The van der Waals surface area contributed by atoms with Gasteiger partial charge in [-0.05, 0) is 52.4 Å². The first-order valence-electron chi connectivity index (χ1n) is 16.4. The van der Waals surface area contributed by atoms with Crippen molar-refractivity contribution in [2.24, 2.45) is 0 Å². The van der Waals surface area contributed by atoms with Crippen molar-refractivity contribution >= 4 is 34.1 Å². The quantitative estimate of drug-likeness (QED) is 0.172. The van der Waals surface area contributed by atoms with Crippen LogP contribution in [0.15, 0.2) is 170 Å². The lowest BCUT2D eigenvalue weighted by molar-refractivity contribution is 0.112. The molecule has 0 atom stereocenters. The summed E-state index contributed by atoms with van der Waals surface area (Å²) >= 11 is 0. The molecule has 0 bridgehead atoms. The maximum Gasteiger partial charge on any atom is 0.160 e. The summed E-state index contributed by atoms with van der Waals surface area (Å²) in [7, 11) is 0. The number of anilines is 3. The Morgan fingerprint density at radius 2 is 1.04 bits per heavy atom. The highest BCUT2D eigenvalue weighted by molar-refractivity contribution is 6.18. The number of carbonyl (C=O) groups is 1. The highest BCUT2D eigenvalue weighted by Crippen LogP contribution is 2.52. The van der Waals surface area contributed by atoms with Gasteiger partial charge >= 0.3 is 0 Å². The van der Waals surface area contributed by atoms with Gasteiger partial charge in [0.1, 0.15) is 0 Å². The molecule has 8 aromatic rings. The van der Waals surface area contributed by atoms with Gasteiger partial charge in [0.25, 0.3) is 0 Å². The van der Waals surface area contributed by atoms with E-state index >= 15 is 0 Å². The van der Waals surface area contributed by atoms with Gasteiger partial charge in [-0.3, -0.25) is 4.79 Å². The molecule has 0 radical (unpaired) electrons. The lowest BCUT2D eigenvalue weighted by atomic mass is 9.86. The van der Waals surface area contributed by atoms with Crippen molar-refractivity contribution in [3.8, 4) is 56.2 Å². The Balaban J connectivity index is 1.24. The van der Waals surface area contributed by atoms with Crippen LogP contribution < -0.4 is 4.90 Å². The van der Waals surface area contributed by atoms with Gasteiger partial charge in [-0.1, -0.05) is 140 Å². The van der Waals surface area contributed by atoms with E-state index < -0.39 is 0 Å². The lowest BCUT2D eigenvalue weighted by Gasteiger charge is -2.34. The summed E-state index contributed by atoms with van der Waals surface area (Å²) in [6, 6.07) is 58.3. The standard InChI is InChI=1S/C45H29N3O/c49-29-33-17-7-8-20-35(33)36-25-26-39-37-21-9-10-23-42(37)48(43-24-12-22-38(36)44(39)43)34-19-11-18-32(27-34)45-46-40(30-13-3-1-4-14-30)28-41(47-45)31-15-5-2-6-16-31/h1-29H. The van der Waals surface area contributed by atoms with E-state index in [-0.39, 0.29) is 0 Å². The minimum absolute atomic E-state index is 0.665. The molecular weight excluding hydrogens is 599 g/mol. The van der Waals surface area contributed by atoms with Gasteiger partial charge in [0, 0.05) is 38.9 Å². The molecule has 1 aliphatic rings. The molecule has 4 nitrogen and oxygen atoms in total. The number of nitrogens with zero attached hydrogens (tertiary/aromatic N) is 3. The van der Waals surface area contributed by atoms with Gasteiger partial charge in [0.05, 0.1) is 22.8 Å². The topological polar surface area (TPSA) is 46.1 Å². The summed E-state index contributed by atoms with van der Waals surface area (Å²) in [4.78, 5) is 24.6. The molecule has 0 N–H and O–H groups in total. The molecule has 1 aromatic heterocycles. The average Bonchev–Trinajstić information content (AvgIpc) is 3.18. The number of para-hydroxylation sites is 1. The van der Waals surface area contributed by atoms with Crippen LogP contribution in [0.1, 0.15) is 10.4 Å². The van der Waals surface area contributed by atoms with E-state index in [4.69, 9.17) is 9.97 Å². The van der Waals surface area contributed by atoms with Crippen LogP contribution in [0.5, 0.6) is 0 Å². The van der Waals surface area contributed by atoms with Crippen molar-refractivity contribution in [2.45, 2.75) is 0 Å². The lowest BCUT2D eigenvalue weighted by Crippen LogP contribution is -2.15. The third kappa shape index (κ3) is 4.90. The summed E-state index contributed by atoms with van der Waals surface area (Å²) in [5.74, 6) is 0.665. The molecule has 4 heteroatoms. The Morgan fingerprint density at radius 3 is 1.78 bits per heavy atom. The Kier molecular flexibility index (Phi) is 6.91. The minimum Gasteiger partial charge on any atom is -0.309 e. The Hall–Kier alpha value is -6.65. The van der Waals surface area contributed by atoms with Gasteiger partial charge in [-0.2, -0.15) is 0 Å². The number of aromatic nitrogens is 2. The summed E-state index contributed by atoms with van der Waals surface area (Å²) in [6.45, 7) is 0. The van der Waals surface area contributed by atoms with E-state index in [0.29, 0.717) is 11.4 Å². The fourth-order valence-electron chi connectivity index (χ4n) is 7.06. The Morgan fingerprint density at radius 1 is 0.449 bits per heavy atom. The smallest absolute Gasteiger partial charge is 0.160 e. The van der Waals surface area contributed by atoms with Crippen molar-refractivity contribution in [3.05, 3.63) is 175 Å². The molecule has 49 heavy (non-hydrogen) atoms. The second-order valence-electron chi connectivity index (χ2n) is 12.2. The third-order valence-corrected chi connectivity index (χ3v) is 9.30. The molecule has 0 spiro atoms. The van der Waals surface area contributed by atoms with E-state index in [1.54, 1.807) is 0 Å². The Labute approximate surface area is 284 Å². The summed E-state index contributed by atoms with van der Waals surface area (Å²) in [5.41, 5.74) is 12.9. The van der Waals surface area contributed by atoms with E-state index in [1.807, 2.05) is 60.7 Å². The molecule has 0 amide bonds. The fraction of sp³-hybridized carbons (Fsp3) is 0. The van der Waals surface area contributed by atoms with Crippen molar-refractivity contribution in [2.75, 3.05) is 4.90 Å². The van der Waals surface area contributed by atoms with Crippen LogP contribution in [-0.2, 0) is 0 Å². The molecule has 0 aliphatic carbocycles. The van der Waals surface area contributed by atoms with Crippen LogP contribution in [-0.4, -0.2) is 16.3 Å². The van der Waals surface area contributed by atoms with E-state index in [1.165, 1.54) is 5.56 Å². The molecule has 0 saturated carbocycles. The van der Waals surface area contributed by atoms with Crippen molar-refractivity contribution in [1.82, 2.24) is 9.97 Å². The van der Waals surface area contributed by atoms with Gasteiger partial charge < -0.3 is 4.90 Å². The molecule has 2 heterocycles. The number of carbonyl (C=O) groups excluding carboxylic acids is 1. The first-order valence-corrected chi connectivity index (χ1v) is 16.4. The second kappa shape index (κ2) is 11.9. The monoisotopic (exact) mass is 627 g/mol. The van der Waals surface area contributed by atoms with Crippen LogP contribution >= 0.6 is 0 Å². The highest BCUT2D eigenvalue weighted by atomic mass is 16.1. The Bertz CT molecular complexity index is 2470. The van der Waals surface area contributed by atoms with Crippen LogP contribution in [0.4, 0.5) is 17.1 Å². The highest BCUT2D eigenvalue weighted by Gasteiger charge is 2.27. The molecule has 7 aromatic carbocycles. The average molecular weight is 628 g/mol. The molecule has 0 saturated heterocycles. The third-order valence-electron chi connectivity index (χ3n) is 9.30. The van der Waals surface area contributed by atoms with Gasteiger partial charge in [0.2, 0.25) is 0 Å². The SMILES string of the molecule is O=Cc1ccccc1-c1ccc2c3c(cccc13)N(c1cccc(-c3nc(-c4ccccc4)cc(-c4ccccc4)n3)c1)c1ccccc1-2. The zero-order valence-electron chi connectivity index (χ0n) is 26.5. The minimum atomic E-state index is 0.665. The number of rotatable bonds is 6. The molecule has 230 valence electrons. The summed E-state index contributed by atoms with van der Waals surface area (Å²) in [6.07, 6.45) is 0.940. The molecular formula is C45H29N3O. The summed E-state index contributed by atoms with van der Waals surface area (Å²) in [5, 5.41) is 2.25.